The molecule has 1 fully saturated rings. The average Bonchev–Trinajstić information content (AvgIpc) is 2.55. The highest BCUT2D eigenvalue weighted by molar-refractivity contribution is 6.30. The molecule has 126 valence electrons. The Morgan fingerprint density at radius 1 is 1.26 bits per heavy atom. The van der Waals surface area contributed by atoms with Crippen molar-refractivity contribution in [1.82, 2.24) is 15.1 Å². The second-order valence-electron chi connectivity index (χ2n) is 5.45. The first-order valence-corrected chi connectivity index (χ1v) is 7.98. The number of halogens is 1. The van der Waals surface area contributed by atoms with E-state index in [0.29, 0.717) is 22.9 Å². The van der Waals surface area contributed by atoms with Crippen molar-refractivity contribution in [2.75, 3.05) is 46.4 Å². The molecular weight excluding hydrogens is 318 g/mol. The first-order valence-electron chi connectivity index (χ1n) is 7.61. The summed E-state index contributed by atoms with van der Waals surface area (Å²) in [7, 11) is 1.51. The van der Waals surface area contributed by atoms with E-state index in [1.165, 1.54) is 7.11 Å². The maximum Gasteiger partial charge on any atom is 0.255 e. The van der Waals surface area contributed by atoms with Crippen molar-refractivity contribution < 1.29 is 14.3 Å². The quantitative estimate of drug-likeness (QED) is 0.877. The van der Waals surface area contributed by atoms with Crippen LogP contribution in [0, 0.1) is 0 Å². The molecule has 2 rings (SSSR count). The second-order valence-corrected chi connectivity index (χ2v) is 5.88. The lowest BCUT2D eigenvalue weighted by Crippen LogP contribution is -2.49. The van der Waals surface area contributed by atoms with Crippen LogP contribution >= 0.6 is 11.6 Å². The van der Waals surface area contributed by atoms with E-state index in [2.05, 4.69) is 10.2 Å². The summed E-state index contributed by atoms with van der Waals surface area (Å²) in [6.45, 7) is 6.05. The van der Waals surface area contributed by atoms with Gasteiger partial charge in [-0.3, -0.25) is 14.5 Å². The summed E-state index contributed by atoms with van der Waals surface area (Å²) in [5.41, 5.74) is 0.471. The maximum absolute atomic E-state index is 12.2. The number of nitrogens with one attached hydrogen (secondary N) is 1. The molecule has 6 nitrogen and oxygen atoms in total. The van der Waals surface area contributed by atoms with Crippen LogP contribution in [0.2, 0.25) is 5.02 Å². The predicted octanol–water partition coefficient (Wildman–Crippen LogP) is 1.24. The summed E-state index contributed by atoms with van der Waals surface area (Å²) in [5.74, 6) is 0.402. The number of amides is 2. The van der Waals surface area contributed by atoms with Gasteiger partial charge in [-0.1, -0.05) is 11.6 Å². The number of methoxy groups -OCH3 is 1. The van der Waals surface area contributed by atoms with Crippen LogP contribution in [0.15, 0.2) is 18.2 Å². The van der Waals surface area contributed by atoms with Crippen LogP contribution in [0.5, 0.6) is 5.75 Å². The molecule has 23 heavy (non-hydrogen) atoms. The zero-order valence-corrected chi connectivity index (χ0v) is 14.2. The third-order valence-electron chi connectivity index (χ3n) is 3.94. The van der Waals surface area contributed by atoms with Gasteiger partial charge in [0.25, 0.3) is 5.91 Å². The Labute approximate surface area is 141 Å². The zero-order chi connectivity index (χ0) is 16.8. The van der Waals surface area contributed by atoms with Crippen molar-refractivity contribution in [2.24, 2.45) is 0 Å². The van der Waals surface area contributed by atoms with Gasteiger partial charge in [0.2, 0.25) is 5.91 Å². The van der Waals surface area contributed by atoms with Crippen molar-refractivity contribution >= 4 is 23.4 Å². The molecule has 1 aliphatic rings. The van der Waals surface area contributed by atoms with Crippen LogP contribution in [0.3, 0.4) is 0 Å². The molecule has 1 saturated heterocycles. The van der Waals surface area contributed by atoms with Crippen molar-refractivity contribution in [2.45, 2.75) is 6.92 Å². The summed E-state index contributed by atoms with van der Waals surface area (Å²) < 4.78 is 5.18. The Morgan fingerprint density at radius 3 is 2.57 bits per heavy atom. The molecule has 1 aliphatic heterocycles. The molecule has 0 saturated carbocycles. The Hall–Kier alpha value is -1.79. The van der Waals surface area contributed by atoms with Gasteiger partial charge in [-0.25, -0.2) is 0 Å². The number of rotatable bonds is 5. The first-order chi connectivity index (χ1) is 11.0. The highest BCUT2D eigenvalue weighted by Crippen LogP contribution is 2.22. The third-order valence-corrected chi connectivity index (χ3v) is 4.17. The van der Waals surface area contributed by atoms with Crippen molar-refractivity contribution in [3.63, 3.8) is 0 Å². The molecular formula is C16H22ClN3O3. The molecule has 0 aliphatic carbocycles. The van der Waals surface area contributed by atoms with E-state index in [9.17, 15) is 9.59 Å². The van der Waals surface area contributed by atoms with Crippen molar-refractivity contribution in [3.05, 3.63) is 28.8 Å². The first kappa shape index (κ1) is 17.6. The Bertz CT molecular complexity index is 572. The normalized spacial score (nSPS) is 15.3. The van der Waals surface area contributed by atoms with Gasteiger partial charge in [0, 0.05) is 51.2 Å². The van der Waals surface area contributed by atoms with Gasteiger partial charge in [-0.15, -0.1) is 0 Å². The molecule has 0 unspecified atom stereocenters. The van der Waals surface area contributed by atoms with E-state index in [-0.39, 0.29) is 11.8 Å². The number of nitrogens with zero attached hydrogens (tertiary/aromatic N) is 2. The van der Waals surface area contributed by atoms with Crippen LogP contribution in [-0.4, -0.2) is 68.0 Å². The molecule has 0 atom stereocenters. The zero-order valence-electron chi connectivity index (χ0n) is 13.5. The van der Waals surface area contributed by atoms with Gasteiger partial charge in [0.05, 0.1) is 12.7 Å². The second kappa shape index (κ2) is 8.17. The van der Waals surface area contributed by atoms with Crippen LogP contribution < -0.4 is 10.1 Å². The Balaban J connectivity index is 1.78. The molecule has 1 N–H and O–H groups in total. The lowest BCUT2D eigenvalue weighted by atomic mass is 10.2. The summed E-state index contributed by atoms with van der Waals surface area (Å²) >= 11 is 5.89. The highest BCUT2D eigenvalue weighted by atomic mass is 35.5. The third kappa shape index (κ3) is 4.84. The summed E-state index contributed by atoms with van der Waals surface area (Å²) in [6, 6.07) is 4.94. The molecule has 0 bridgehead atoms. The molecule has 1 aromatic rings. The van der Waals surface area contributed by atoms with Gasteiger partial charge < -0.3 is 15.0 Å². The lowest BCUT2D eigenvalue weighted by molar-refractivity contribution is -0.130. The Morgan fingerprint density at radius 2 is 1.96 bits per heavy atom. The SMILES string of the molecule is COc1cc(Cl)ccc1C(=O)NCCN1CCN(C(C)=O)CC1. The summed E-state index contributed by atoms with van der Waals surface area (Å²) in [4.78, 5) is 27.6. The van der Waals surface area contributed by atoms with Gasteiger partial charge in [-0.2, -0.15) is 0 Å². The van der Waals surface area contributed by atoms with Crippen molar-refractivity contribution in [1.29, 1.82) is 0 Å². The molecule has 0 radical (unpaired) electrons. The van der Waals surface area contributed by atoms with Gasteiger partial charge in [-0.05, 0) is 18.2 Å². The Kier molecular flexibility index (Phi) is 6.24. The predicted molar refractivity (Wildman–Crippen MR) is 89.0 cm³/mol. The minimum atomic E-state index is -0.180. The average molecular weight is 340 g/mol. The fraction of sp³-hybridized carbons (Fsp3) is 0.500. The number of benzene rings is 1. The molecule has 0 aromatic heterocycles. The highest BCUT2D eigenvalue weighted by Gasteiger charge is 2.18. The van der Waals surface area contributed by atoms with Crippen LogP contribution in [0.25, 0.3) is 0 Å². The lowest BCUT2D eigenvalue weighted by Gasteiger charge is -2.34. The van der Waals surface area contributed by atoms with Gasteiger partial charge >= 0.3 is 0 Å². The van der Waals surface area contributed by atoms with Gasteiger partial charge in [0.15, 0.2) is 0 Å². The number of piperazine rings is 1. The molecule has 2 amide bonds. The standard InChI is InChI=1S/C16H22ClN3O3/c1-12(21)20-9-7-19(8-10-20)6-5-18-16(22)14-4-3-13(17)11-15(14)23-2/h3-4,11H,5-10H2,1-2H3,(H,18,22). The van der Waals surface area contributed by atoms with Crippen molar-refractivity contribution in [3.8, 4) is 5.75 Å². The monoisotopic (exact) mass is 339 g/mol. The maximum atomic E-state index is 12.2. The summed E-state index contributed by atoms with van der Waals surface area (Å²) in [5, 5.41) is 3.42. The minimum Gasteiger partial charge on any atom is -0.496 e. The van der Waals surface area contributed by atoms with E-state index in [1.807, 2.05) is 4.90 Å². The summed E-state index contributed by atoms with van der Waals surface area (Å²) in [6.07, 6.45) is 0. The van der Waals surface area contributed by atoms with E-state index < -0.39 is 0 Å². The van der Waals surface area contributed by atoms with Gasteiger partial charge in [0.1, 0.15) is 5.75 Å². The molecule has 1 aromatic carbocycles. The number of hydrogen-bond donors (Lipinski definition) is 1. The van der Waals surface area contributed by atoms with Crippen LogP contribution in [0.4, 0.5) is 0 Å². The molecule has 1 heterocycles. The number of carbonyl (C=O) groups excluding carboxylic acids is 2. The fourth-order valence-electron chi connectivity index (χ4n) is 2.56. The molecule has 7 heteroatoms. The molecule has 0 spiro atoms. The van der Waals surface area contributed by atoms with E-state index in [4.69, 9.17) is 16.3 Å². The fourth-order valence-corrected chi connectivity index (χ4v) is 2.72. The number of carbonyl (C=O) groups is 2. The van der Waals surface area contributed by atoms with E-state index in [0.717, 1.165) is 32.7 Å². The largest absolute Gasteiger partial charge is 0.496 e. The topological polar surface area (TPSA) is 61.9 Å². The number of ether oxygens (including phenoxy) is 1. The smallest absolute Gasteiger partial charge is 0.255 e. The minimum absolute atomic E-state index is 0.118. The number of hydrogen-bond acceptors (Lipinski definition) is 4. The van der Waals surface area contributed by atoms with E-state index >= 15 is 0 Å². The van der Waals surface area contributed by atoms with E-state index in [1.54, 1.807) is 25.1 Å². The van der Waals surface area contributed by atoms with Crippen LogP contribution in [0.1, 0.15) is 17.3 Å². The van der Waals surface area contributed by atoms with Crippen LogP contribution in [-0.2, 0) is 4.79 Å².